The van der Waals surface area contributed by atoms with Gasteiger partial charge in [-0.2, -0.15) is 0 Å². The molecule has 3 aromatic heterocycles. The number of hydrogen-bond acceptors (Lipinski definition) is 2. The first-order valence-corrected chi connectivity index (χ1v) is 19.1. The summed E-state index contributed by atoms with van der Waals surface area (Å²) in [6.45, 7) is 0. The van der Waals surface area contributed by atoms with Crippen molar-refractivity contribution < 1.29 is 0 Å². The summed E-state index contributed by atoms with van der Waals surface area (Å²) in [6.07, 6.45) is 0. The van der Waals surface area contributed by atoms with E-state index in [1.165, 1.54) is 43.4 Å². The Labute approximate surface area is 322 Å². The molecule has 260 valence electrons. The first kappa shape index (κ1) is 30.9. The molecule has 3 heterocycles. The summed E-state index contributed by atoms with van der Waals surface area (Å²) in [5.41, 5.74) is 11.6. The molecular formula is C52H32N4. The van der Waals surface area contributed by atoms with Crippen LogP contribution in [-0.2, 0) is 0 Å². The van der Waals surface area contributed by atoms with Crippen LogP contribution in [0.15, 0.2) is 194 Å². The van der Waals surface area contributed by atoms with Gasteiger partial charge in [-0.15, -0.1) is 0 Å². The Bertz CT molecular complexity index is 3520. The second-order valence-corrected chi connectivity index (χ2v) is 14.6. The van der Waals surface area contributed by atoms with Gasteiger partial charge in [0.1, 0.15) is 5.69 Å². The van der Waals surface area contributed by atoms with Crippen LogP contribution in [0.3, 0.4) is 0 Å². The third-order valence-corrected chi connectivity index (χ3v) is 11.5. The number of para-hydroxylation sites is 3. The van der Waals surface area contributed by atoms with E-state index < -0.39 is 0 Å². The van der Waals surface area contributed by atoms with Crippen LogP contribution in [0.2, 0.25) is 0 Å². The van der Waals surface area contributed by atoms with E-state index in [4.69, 9.17) is 9.97 Å². The predicted octanol–water partition coefficient (Wildman–Crippen LogP) is 13.5. The van der Waals surface area contributed by atoms with Crippen LogP contribution in [0.5, 0.6) is 0 Å². The highest BCUT2D eigenvalue weighted by molar-refractivity contribution is 6.24. The standard InChI is InChI=1S/C52H32N4/c1-3-16-33(17-4-1)34-18-15-19-35(30-34)49-52(54-51-42-27-10-8-23-38(42)37-22-7-9-26-41(37)50(51)53-49)56-46-29-14-12-25-40(46)44-31-47-43(32-48(44)56)39-24-11-13-28-45(39)55(47)36-20-5-2-6-21-36/h1-32H. The fraction of sp³-hybridized carbons (Fsp3) is 0. The largest absolute Gasteiger partial charge is 0.309 e. The Kier molecular flexibility index (Phi) is 6.60. The molecule has 56 heavy (non-hydrogen) atoms. The lowest BCUT2D eigenvalue weighted by Crippen LogP contribution is -2.04. The van der Waals surface area contributed by atoms with E-state index in [2.05, 4.69) is 203 Å². The van der Waals surface area contributed by atoms with Gasteiger partial charge in [-0.25, -0.2) is 9.97 Å². The summed E-state index contributed by atoms with van der Waals surface area (Å²) in [5.74, 6) is 0.806. The minimum absolute atomic E-state index is 0.806. The van der Waals surface area contributed by atoms with Gasteiger partial charge in [0, 0.05) is 43.6 Å². The van der Waals surface area contributed by atoms with Crippen molar-refractivity contribution in [3.8, 4) is 33.9 Å². The molecule has 12 aromatic rings. The first-order valence-electron chi connectivity index (χ1n) is 19.1. The smallest absolute Gasteiger partial charge is 0.165 e. The Morgan fingerprint density at radius 2 is 0.750 bits per heavy atom. The average Bonchev–Trinajstić information content (AvgIpc) is 3.78. The SMILES string of the molecule is c1ccc(-c2cccc(-c3nc4c5ccccc5c5ccccc5c4nc3-n3c4ccccc4c4cc5c(cc43)c3ccccc3n5-c3ccccc3)c2)cc1. The van der Waals surface area contributed by atoms with Gasteiger partial charge in [-0.3, -0.25) is 4.57 Å². The molecule has 0 N–H and O–H groups in total. The molecule has 12 rings (SSSR count). The summed E-state index contributed by atoms with van der Waals surface area (Å²) in [7, 11) is 0. The number of rotatable bonds is 4. The van der Waals surface area contributed by atoms with E-state index in [9.17, 15) is 0 Å². The molecule has 0 radical (unpaired) electrons. The average molecular weight is 713 g/mol. The van der Waals surface area contributed by atoms with Crippen LogP contribution in [0.4, 0.5) is 0 Å². The molecule has 0 bridgehead atoms. The zero-order valence-corrected chi connectivity index (χ0v) is 30.3. The van der Waals surface area contributed by atoms with Crippen molar-refractivity contribution in [3.63, 3.8) is 0 Å². The molecule has 0 aliphatic carbocycles. The van der Waals surface area contributed by atoms with E-state index in [0.29, 0.717) is 0 Å². The molecule has 0 saturated carbocycles. The molecular weight excluding hydrogens is 681 g/mol. The van der Waals surface area contributed by atoms with Crippen molar-refractivity contribution in [3.05, 3.63) is 194 Å². The van der Waals surface area contributed by atoms with Crippen LogP contribution in [0, 0.1) is 0 Å². The number of hydrogen-bond donors (Lipinski definition) is 0. The summed E-state index contributed by atoms with van der Waals surface area (Å²) < 4.78 is 4.75. The number of benzene rings is 9. The van der Waals surface area contributed by atoms with Gasteiger partial charge < -0.3 is 4.57 Å². The third-order valence-electron chi connectivity index (χ3n) is 11.5. The molecule has 4 nitrogen and oxygen atoms in total. The van der Waals surface area contributed by atoms with Crippen molar-refractivity contribution in [2.45, 2.75) is 0 Å². The van der Waals surface area contributed by atoms with Gasteiger partial charge in [0.15, 0.2) is 5.82 Å². The van der Waals surface area contributed by atoms with Gasteiger partial charge in [0.2, 0.25) is 0 Å². The van der Waals surface area contributed by atoms with Crippen molar-refractivity contribution in [2.75, 3.05) is 0 Å². The molecule has 0 fully saturated rings. The van der Waals surface area contributed by atoms with Gasteiger partial charge in [0.05, 0.1) is 33.1 Å². The lowest BCUT2D eigenvalue weighted by Gasteiger charge is -2.17. The zero-order chi connectivity index (χ0) is 36.7. The van der Waals surface area contributed by atoms with Crippen LogP contribution in [-0.4, -0.2) is 19.1 Å². The van der Waals surface area contributed by atoms with Crippen molar-refractivity contribution >= 4 is 76.2 Å². The van der Waals surface area contributed by atoms with E-state index in [1.54, 1.807) is 0 Å². The van der Waals surface area contributed by atoms with Crippen molar-refractivity contribution in [2.24, 2.45) is 0 Å². The normalized spacial score (nSPS) is 11.9. The van der Waals surface area contributed by atoms with Crippen LogP contribution < -0.4 is 0 Å². The molecule has 0 amide bonds. The maximum atomic E-state index is 5.77. The van der Waals surface area contributed by atoms with Gasteiger partial charge in [-0.1, -0.05) is 152 Å². The van der Waals surface area contributed by atoms with Crippen LogP contribution >= 0.6 is 0 Å². The minimum Gasteiger partial charge on any atom is -0.309 e. The lowest BCUT2D eigenvalue weighted by atomic mass is 9.98. The molecule has 0 atom stereocenters. The predicted molar refractivity (Wildman–Crippen MR) is 234 cm³/mol. The van der Waals surface area contributed by atoms with Crippen LogP contribution in [0.25, 0.3) is 110 Å². The summed E-state index contributed by atoms with van der Waals surface area (Å²) >= 11 is 0. The molecule has 0 saturated heterocycles. The number of fused-ring (bicyclic) bond motifs is 12. The highest BCUT2D eigenvalue weighted by Crippen LogP contribution is 2.42. The first-order chi connectivity index (χ1) is 27.8. The highest BCUT2D eigenvalue weighted by Gasteiger charge is 2.23. The zero-order valence-electron chi connectivity index (χ0n) is 30.3. The monoisotopic (exact) mass is 712 g/mol. The Hall–Kier alpha value is -7.56. The third kappa shape index (κ3) is 4.47. The molecule has 0 spiro atoms. The van der Waals surface area contributed by atoms with E-state index in [0.717, 1.165) is 66.7 Å². The fourth-order valence-electron chi connectivity index (χ4n) is 8.99. The van der Waals surface area contributed by atoms with E-state index >= 15 is 0 Å². The summed E-state index contributed by atoms with van der Waals surface area (Å²) in [6, 6.07) is 69.4. The Morgan fingerprint density at radius 1 is 0.286 bits per heavy atom. The van der Waals surface area contributed by atoms with E-state index in [1.807, 2.05) is 0 Å². The summed E-state index contributed by atoms with van der Waals surface area (Å²) in [4.78, 5) is 11.5. The second-order valence-electron chi connectivity index (χ2n) is 14.6. The molecule has 9 aromatic carbocycles. The van der Waals surface area contributed by atoms with Crippen molar-refractivity contribution in [1.29, 1.82) is 0 Å². The second kappa shape index (κ2) is 12.0. The van der Waals surface area contributed by atoms with Gasteiger partial charge in [-0.05, 0) is 64.4 Å². The maximum Gasteiger partial charge on any atom is 0.165 e. The van der Waals surface area contributed by atoms with E-state index in [-0.39, 0.29) is 0 Å². The lowest BCUT2D eigenvalue weighted by molar-refractivity contribution is 1.08. The topological polar surface area (TPSA) is 35.6 Å². The van der Waals surface area contributed by atoms with Crippen molar-refractivity contribution in [1.82, 2.24) is 19.1 Å². The number of nitrogens with zero attached hydrogens (tertiary/aromatic N) is 4. The van der Waals surface area contributed by atoms with Gasteiger partial charge in [0.25, 0.3) is 0 Å². The van der Waals surface area contributed by atoms with Gasteiger partial charge >= 0.3 is 0 Å². The number of aromatic nitrogens is 4. The summed E-state index contributed by atoms with van der Waals surface area (Å²) in [5, 5.41) is 9.28. The molecule has 0 unspecified atom stereocenters. The quantitative estimate of drug-likeness (QED) is 0.170. The fourth-order valence-corrected chi connectivity index (χ4v) is 8.99. The minimum atomic E-state index is 0.806. The molecule has 4 heteroatoms. The Morgan fingerprint density at radius 3 is 1.39 bits per heavy atom. The molecule has 0 aliphatic rings. The van der Waals surface area contributed by atoms with Crippen LogP contribution in [0.1, 0.15) is 0 Å². The molecule has 0 aliphatic heterocycles. The Balaban J connectivity index is 1.25. The maximum absolute atomic E-state index is 5.77. The highest BCUT2D eigenvalue weighted by atomic mass is 15.1.